The molecule has 0 saturated carbocycles. The molecule has 0 aliphatic carbocycles. The molecular formula is C26H24F3NO3S. The first-order valence-corrected chi connectivity index (χ1v) is 11.7. The van der Waals surface area contributed by atoms with E-state index in [1.165, 1.54) is 24.3 Å². The lowest BCUT2D eigenvalue weighted by molar-refractivity contribution is -0.137. The van der Waals surface area contributed by atoms with Gasteiger partial charge in [0.15, 0.2) is 5.58 Å². The largest absolute Gasteiger partial charge is 0.478 e. The van der Waals surface area contributed by atoms with Gasteiger partial charge in [-0.05, 0) is 85.0 Å². The van der Waals surface area contributed by atoms with E-state index in [2.05, 4.69) is 5.16 Å². The van der Waals surface area contributed by atoms with E-state index < -0.39 is 17.7 Å². The monoisotopic (exact) mass is 487 g/mol. The highest BCUT2D eigenvalue weighted by Gasteiger charge is 2.31. The average molecular weight is 488 g/mol. The Bertz CT molecular complexity index is 1430. The summed E-state index contributed by atoms with van der Waals surface area (Å²) >= 11 is 1.40. The Balaban J connectivity index is 1.66. The lowest BCUT2D eigenvalue weighted by Gasteiger charge is -2.09. The van der Waals surface area contributed by atoms with E-state index >= 15 is 0 Å². The van der Waals surface area contributed by atoms with E-state index in [-0.39, 0.29) is 11.5 Å². The minimum absolute atomic E-state index is 0.170. The van der Waals surface area contributed by atoms with Crippen molar-refractivity contribution >= 4 is 44.4 Å². The third kappa shape index (κ3) is 4.59. The van der Waals surface area contributed by atoms with Crippen LogP contribution < -0.4 is 0 Å². The minimum Gasteiger partial charge on any atom is -0.478 e. The van der Waals surface area contributed by atoms with Gasteiger partial charge in [-0.3, -0.25) is 0 Å². The number of hydrogen-bond acceptors (Lipinski definition) is 4. The predicted molar refractivity (Wildman–Crippen MR) is 128 cm³/mol. The molecule has 0 aliphatic rings. The fraction of sp³-hybridized carbons (Fsp3) is 0.308. The van der Waals surface area contributed by atoms with Gasteiger partial charge in [0.2, 0.25) is 0 Å². The molecule has 0 radical (unpaired) electrons. The molecule has 34 heavy (non-hydrogen) atoms. The summed E-state index contributed by atoms with van der Waals surface area (Å²) < 4.78 is 45.7. The molecule has 0 amide bonds. The molecule has 4 rings (SSSR count). The number of benzene rings is 2. The van der Waals surface area contributed by atoms with Crippen LogP contribution in [0.15, 0.2) is 40.4 Å². The first-order chi connectivity index (χ1) is 16.0. The fourth-order valence-corrected chi connectivity index (χ4v) is 5.58. The Morgan fingerprint density at radius 2 is 1.91 bits per heavy atom. The zero-order valence-electron chi connectivity index (χ0n) is 19.2. The molecule has 0 atom stereocenters. The topological polar surface area (TPSA) is 63.3 Å². The number of carbonyl (C=O) groups is 1. The van der Waals surface area contributed by atoms with Crippen LogP contribution in [0.1, 0.15) is 59.5 Å². The number of carboxylic acid groups (broad SMARTS) is 1. The van der Waals surface area contributed by atoms with Crippen LogP contribution in [-0.4, -0.2) is 16.2 Å². The van der Waals surface area contributed by atoms with Crippen LogP contribution in [0.2, 0.25) is 0 Å². The predicted octanol–water partition coefficient (Wildman–Crippen LogP) is 7.77. The van der Waals surface area contributed by atoms with Crippen molar-refractivity contribution in [3.63, 3.8) is 0 Å². The Morgan fingerprint density at radius 1 is 1.18 bits per heavy atom. The van der Waals surface area contributed by atoms with Gasteiger partial charge in [0.1, 0.15) is 0 Å². The number of nitrogens with zero attached hydrogens (tertiary/aromatic N) is 1. The molecule has 4 aromatic rings. The lowest BCUT2D eigenvalue weighted by Crippen LogP contribution is -2.03. The third-order valence-electron chi connectivity index (χ3n) is 5.94. The Labute approximate surface area is 198 Å². The van der Waals surface area contributed by atoms with E-state index in [4.69, 9.17) is 9.63 Å². The Kier molecular flexibility index (Phi) is 6.29. The molecule has 2 heterocycles. The van der Waals surface area contributed by atoms with Crippen molar-refractivity contribution in [1.82, 2.24) is 5.16 Å². The van der Waals surface area contributed by atoms with Crippen molar-refractivity contribution in [2.45, 2.75) is 52.6 Å². The van der Waals surface area contributed by atoms with Crippen molar-refractivity contribution in [3.05, 3.63) is 68.7 Å². The highest BCUT2D eigenvalue weighted by atomic mass is 32.1. The Morgan fingerprint density at radius 3 is 2.56 bits per heavy atom. The van der Waals surface area contributed by atoms with E-state index in [0.717, 1.165) is 44.1 Å². The number of rotatable bonds is 6. The second-order valence-electron chi connectivity index (χ2n) is 8.77. The Hall–Kier alpha value is -3.13. The molecule has 0 bridgehead atoms. The van der Waals surface area contributed by atoms with Gasteiger partial charge in [-0.15, -0.1) is 11.3 Å². The summed E-state index contributed by atoms with van der Waals surface area (Å²) in [4.78, 5) is 12.2. The summed E-state index contributed by atoms with van der Waals surface area (Å²) in [6.07, 6.45) is -1.56. The standard InChI is InChI=1S/C26H24F3NO3S/c1-13(2)24-18-6-5-17(26(27,28)29)12-23(18)34-22(24)8-7-20-19-10-14(3)16(9-15(4)25(31)32)11-21(19)33-30-20/h5-6,9-13H,7-8H2,1-4H3,(H,31,32). The summed E-state index contributed by atoms with van der Waals surface area (Å²) in [6.45, 7) is 7.53. The maximum atomic E-state index is 13.2. The fourth-order valence-electron chi connectivity index (χ4n) is 4.18. The van der Waals surface area contributed by atoms with Crippen LogP contribution in [0.25, 0.3) is 27.1 Å². The van der Waals surface area contributed by atoms with Crippen LogP contribution in [0.5, 0.6) is 0 Å². The number of alkyl halides is 3. The molecule has 0 aliphatic heterocycles. The first-order valence-electron chi connectivity index (χ1n) is 10.9. The van der Waals surface area contributed by atoms with Crippen molar-refractivity contribution in [2.75, 3.05) is 0 Å². The van der Waals surface area contributed by atoms with Gasteiger partial charge in [0, 0.05) is 20.5 Å². The van der Waals surface area contributed by atoms with Crippen molar-refractivity contribution in [2.24, 2.45) is 0 Å². The number of aromatic nitrogens is 1. The maximum Gasteiger partial charge on any atom is 0.416 e. The van der Waals surface area contributed by atoms with Gasteiger partial charge in [-0.2, -0.15) is 13.2 Å². The van der Waals surface area contributed by atoms with E-state index in [1.54, 1.807) is 18.2 Å². The summed E-state index contributed by atoms with van der Waals surface area (Å²) in [5, 5.41) is 15.1. The van der Waals surface area contributed by atoms with Crippen molar-refractivity contribution in [1.29, 1.82) is 0 Å². The van der Waals surface area contributed by atoms with E-state index in [9.17, 15) is 18.0 Å². The molecule has 0 spiro atoms. The zero-order chi connectivity index (χ0) is 24.8. The highest BCUT2D eigenvalue weighted by Crippen LogP contribution is 2.40. The minimum atomic E-state index is -4.37. The quantitative estimate of drug-likeness (QED) is 0.282. The number of aliphatic carboxylic acids is 1. The van der Waals surface area contributed by atoms with E-state index in [0.29, 0.717) is 23.1 Å². The second kappa shape index (κ2) is 8.91. The summed E-state index contributed by atoms with van der Waals surface area (Å²) in [5.74, 6) is -0.812. The maximum absolute atomic E-state index is 13.2. The van der Waals surface area contributed by atoms with Gasteiger partial charge in [0.25, 0.3) is 0 Å². The number of thiophene rings is 1. The highest BCUT2D eigenvalue weighted by molar-refractivity contribution is 7.19. The van der Waals surface area contributed by atoms with Crippen LogP contribution in [0, 0.1) is 6.92 Å². The molecule has 178 valence electrons. The smallest absolute Gasteiger partial charge is 0.416 e. The summed E-state index contributed by atoms with van der Waals surface area (Å²) in [5.41, 5.74) is 3.66. The summed E-state index contributed by atoms with van der Waals surface area (Å²) in [7, 11) is 0. The molecule has 0 fully saturated rings. The number of aryl methyl sites for hydroxylation is 3. The van der Waals surface area contributed by atoms with Crippen LogP contribution in [-0.2, 0) is 23.8 Å². The molecule has 2 aromatic carbocycles. The number of halogens is 3. The van der Waals surface area contributed by atoms with Crippen LogP contribution >= 0.6 is 11.3 Å². The second-order valence-corrected chi connectivity index (χ2v) is 9.91. The molecule has 2 aromatic heterocycles. The molecule has 1 N–H and O–H groups in total. The zero-order valence-corrected chi connectivity index (χ0v) is 20.0. The van der Waals surface area contributed by atoms with Crippen molar-refractivity contribution in [3.8, 4) is 0 Å². The molecular weight excluding hydrogens is 463 g/mol. The van der Waals surface area contributed by atoms with Gasteiger partial charge < -0.3 is 9.63 Å². The number of hydrogen-bond donors (Lipinski definition) is 1. The normalized spacial score (nSPS) is 12.9. The van der Waals surface area contributed by atoms with Gasteiger partial charge in [-0.1, -0.05) is 25.1 Å². The lowest BCUT2D eigenvalue weighted by atomic mass is 9.96. The van der Waals surface area contributed by atoms with Gasteiger partial charge in [-0.25, -0.2) is 4.79 Å². The van der Waals surface area contributed by atoms with Crippen LogP contribution in [0.4, 0.5) is 13.2 Å². The summed E-state index contributed by atoms with van der Waals surface area (Å²) in [6, 6.07) is 7.68. The molecule has 0 unspecified atom stereocenters. The molecule has 4 nitrogen and oxygen atoms in total. The van der Waals surface area contributed by atoms with Crippen LogP contribution in [0.3, 0.4) is 0 Å². The van der Waals surface area contributed by atoms with Crippen molar-refractivity contribution < 1.29 is 27.6 Å². The molecule has 0 saturated heterocycles. The van der Waals surface area contributed by atoms with E-state index in [1.807, 2.05) is 26.8 Å². The number of carboxylic acids is 1. The SMILES string of the molecule is CC(=Cc1cc2onc(CCc3sc4cc(C(F)(F)F)ccc4c3C(C)C)c2cc1C)C(=O)O. The van der Waals surface area contributed by atoms with Gasteiger partial charge >= 0.3 is 12.1 Å². The first kappa shape index (κ1) is 24.0. The third-order valence-corrected chi connectivity index (χ3v) is 7.17. The molecule has 8 heteroatoms. The van der Waals surface area contributed by atoms with Gasteiger partial charge in [0.05, 0.1) is 11.3 Å². The number of fused-ring (bicyclic) bond motifs is 2. The average Bonchev–Trinajstić information content (AvgIpc) is 3.31.